The minimum absolute atomic E-state index is 0.0441. The second-order valence-electron chi connectivity index (χ2n) is 9.75. The maximum Gasteiger partial charge on any atom is 0.514 e. The third-order valence-electron chi connectivity index (χ3n) is 6.92. The van der Waals surface area contributed by atoms with E-state index in [1.807, 2.05) is 27.7 Å². The maximum atomic E-state index is 14.7. The van der Waals surface area contributed by atoms with E-state index in [9.17, 15) is 23.9 Å². The summed E-state index contributed by atoms with van der Waals surface area (Å²) in [5, 5.41) is 16.5. The second-order valence-corrected chi connectivity index (χ2v) is 9.75. The fourth-order valence-electron chi connectivity index (χ4n) is 4.45. The van der Waals surface area contributed by atoms with Crippen LogP contribution in [0.5, 0.6) is 0 Å². The zero-order valence-corrected chi connectivity index (χ0v) is 19.9. The van der Waals surface area contributed by atoms with E-state index in [0.29, 0.717) is 42.8 Å². The molecular weight excluding hydrogens is 427 g/mol. The van der Waals surface area contributed by atoms with Gasteiger partial charge < -0.3 is 10.0 Å². The van der Waals surface area contributed by atoms with Crippen LogP contribution in [0.4, 0.5) is 9.18 Å². The van der Waals surface area contributed by atoms with Crippen molar-refractivity contribution in [3.8, 4) is 0 Å². The summed E-state index contributed by atoms with van der Waals surface area (Å²) in [5.41, 5.74) is 1.85. The molecule has 1 unspecified atom stereocenters. The summed E-state index contributed by atoms with van der Waals surface area (Å²) in [5.74, 6) is -1.07. The lowest BCUT2D eigenvalue weighted by molar-refractivity contribution is -0.901. The molecule has 0 spiro atoms. The molecule has 2 amide bonds. The molecule has 1 aromatic carbocycles. The number of rotatable bonds is 3. The van der Waals surface area contributed by atoms with Crippen LogP contribution in [0.25, 0.3) is 0 Å². The monoisotopic (exact) mass is 459 g/mol. The Kier molecular flexibility index (Phi) is 6.74. The van der Waals surface area contributed by atoms with Crippen LogP contribution in [0, 0.1) is 19.7 Å². The van der Waals surface area contributed by atoms with Crippen LogP contribution in [0.15, 0.2) is 23.0 Å². The van der Waals surface area contributed by atoms with Gasteiger partial charge >= 0.3 is 6.09 Å². The Bertz CT molecular complexity index is 1140. The van der Waals surface area contributed by atoms with Gasteiger partial charge in [-0.1, -0.05) is 6.07 Å². The molecule has 0 aliphatic carbocycles. The molecule has 1 aromatic heterocycles. The maximum absolute atomic E-state index is 14.7. The van der Waals surface area contributed by atoms with Crippen LogP contribution in [-0.4, -0.2) is 68.4 Å². The number of aromatic nitrogens is 2. The van der Waals surface area contributed by atoms with Gasteiger partial charge in [-0.15, -0.1) is 0 Å². The first-order valence-corrected chi connectivity index (χ1v) is 11.1. The van der Waals surface area contributed by atoms with Crippen molar-refractivity contribution in [2.24, 2.45) is 0 Å². The van der Waals surface area contributed by atoms with Gasteiger partial charge in [-0.2, -0.15) is 9.89 Å². The first kappa shape index (κ1) is 24.6. The van der Waals surface area contributed by atoms with Gasteiger partial charge in [0.15, 0.2) is 0 Å². The van der Waals surface area contributed by atoms with Gasteiger partial charge in [-0.25, -0.2) is 14.0 Å². The molecule has 2 N–H and O–H groups in total. The number of quaternary nitrogens is 1. The fraction of sp³-hybridized carbons (Fsp3) is 0.500. The smallest absolute Gasteiger partial charge is 0.435 e. The quantitative estimate of drug-likeness (QED) is 0.686. The molecule has 0 radical (unpaired) electrons. The number of carbonyl (C=O) groups is 2. The predicted molar refractivity (Wildman–Crippen MR) is 122 cm³/mol. The molecule has 2 heterocycles. The van der Waals surface area contributed by atoms with Gasteiger partial charge in [0.1, 0.15) is 17.9 Å². The van der Waals surface area contributed by atoms with E-state index in [-0.39, 0.29) is 28.7 Å². The second kappa shape index (κ2) is 9.05. The number of nitrogens with zero attached hydrogens (tertiary/aromatic N) is 3. The van der Waals surface area contributed by atoms with Gasteiger partial charge in [0.2, 0.25) is 0 Å². The van der Waals surface area contributed by atoms with Gasteiger partial charge in [0, 0.05) is 24.9 Å². The lowest BCUT2D eigenvalue weighted by Gasteiger charge is -2.42. The van der Waals surface area contributed by atoms with Gasteiger partial charge in [-0.05, 0) is 57.9 Å². The Morgan fingerprint density at radius 1 is 1.18 bits per heavy atom. The van der Waals surface area contributed by atoms with Crippen molar-refractivity contribution in [2.75, 3.05) is 26.2 Å². The highest BCUT2D eigenvalue weighted by atomic mass is 19.1. The van der Waals surface area contributed by atoms with Crippen molar-refractivity contribution in [2.45, 2.75) is 53.0 Å². The molecule has 33 heavy (non-hydrogen) atoms. The van der Waals surface area contributed by atoms with E-state index in [4.69, 9.17) is 0 Å². The number of carbonyl (C=O) groups excluding carboxylic acids is 1. The number of nitrogens with one attached hydrogen (secondary N) is 1. The SMILES string of the molecule is Cc1c(Cc2ccc(F)c(C(=O)N3CCC[N+](C(=O)O)(C(C)(C)C)CC3)c2)n[nH]c(=O)c1C. The van der Waals surface area contributed by atoms with E-state index in [2.05, 4.69) is 10.2 Å². The van der Waals surface area contributed by atoms with Gasteiger partial charge in [0.25, 0.3) is 11.5 Å². The summed E-state index contributed by atoms with van der Waals surface area (Å²) in [6.45, 7) is 10.4. The number of benzene rings is 1. The van der Waals surface area contributed by atoms with Crippen molar-refractivity contribution < 1.29 is 23.6 Å². The zero-order valence-electron chi connectivity index (χ0n) is 19.9. The van der Waals surface area contributed by atoms with E-state index >= 15 is 0 Å². The third-order valence-corrected chi connectivity index (χ3v) is 6.92. The summed E-state index contributed by atoms with van der Waals surface area (Å²) in [7, 11) is 0. The standard InChI is InChI=1S/C24H31FN4O4/c1-15-16(2)21(30)27-26-20(15)14-17-7-8-19(25)18(13-17)22(31)28-9-6-11-29(12-10-28,23(32)33)24(3,4)5/h7-8,13H,6,9-12,14H2,1-5H3,(H-,27,30,32,33)/p+1. The van der Waals surface area contributed by atoms with Crippen LogP contribution >= 0.6 is 0 Å². The Morgan fingerprint density at radius 2 is 1.88 bits per heavy atom. The average Bonchev–Trinajstić information content (AvgIpc) is 2.99. The number of hydrogen-bond donors (Lipinski definition) is 2. The van der Waals surface area contributed by atoms with E-state index < -0.39 is 23.4 Å². The molecule has 1 aliphatic heterocycles. The summed E-state index contributed by atoms with van der Waals surface area (Å²) < 4.78 is 14.5. The normalized spacial score (nSPS) is 19.3. The van der Waals surface area contributed by atoms with Crippen molar-refractivity contribution >= 4 is 12.0 Å². The van der Waals surface area contributed by atoms with E-state index in [1.165, 1.54) is 12.1 Å². The molecule has 1 fully saturated rings. The van der Waals surface area contributed by atoms with E-state index in [0.717, 1.165) is 5.56 Å². The summed E-state index contributed by atoms with van der Waals surface area (Å²) in [6.07, 6.45) is -0.0623. The number of hydrogen-bond acceptors (Lipinski definition) is 4. The number of carboxylic acid groups (broad SMARTS) is 1. The Hall–Kier alpha value is -3.07. The molecule has 9 heteroatoms. The third kappa shape index (κ3) is 4.68. The summed E-state index contributed by atoms with van der Waals surface area (Å²) >= 11 is 0. The van der Waals surface area contributed by atoms with Crippen LogP contribution in [0.1, 0.15) is 59.9 Å². The van der Waals surface area contributed by atoms with Gasteiger partial charge in [-0.3, -0.25) is 9.59 Å². The number of halogens is 1. The Morgan fingerprint density at radius 3 is 2.52 bits per heavy atom. The fourth-order valence-corrected chi connectivity index (χ4v) is 4.45. The highest BCUT2D eigenvalue weighted by Gasteiger charge is 2.48. The first-order valence-electron chi connectivity index (χ1n) is 11.1. The Balaban J connectivity index is 1.85. The average molecular weight is 460 g/mol. The largest absolute Gasteiger partial charge is 0.514 e. The van der Waals surface area contributed by atoms with Crippen molar-refractivity contribution in [3.05, 3.63) is 62.3 Å². The van der Waals surface area contributed by atoms with Crippen molar-refractivity contribution in [1.82, 2.24) is 15.1 Å². The lowest BCUT2D eigenvalue weighted by atomic mass is 10.0. The molecule has 1 saturated heterocycles. The molecule has 8 nitrogen and oxygen atoms in total. The molecule has 0 saturated carbocycles. The molecule has 2 aromatic rings. The minimum atomic E-state index is -0.913. The summed E-state index contributed by atoms with van der Waals surface area (Å²) in [6, 6.07) is 4.39. The van der Waals surface area contributed by atoms with Crippen LogP contribution in [0.2, 0.25) is 0 Å². The zero-order chi connectivity index (χ0) is 24.6. The first-order chi connectivity index (χ1) is 15.4. The highest BCUT2D eigenvalue weighted by molar-refractivity contribution is 5.94. The van der Waals surface area contributed by atoms with Crippen LogP contribution in [0.3, 0.4) is 0 Å². The molecule has 1 aliphatic rings. The van der Waals surface area contributed by atoms with Crippen LogP contribution < -0.4 is 5.56 Å². The molecule has 1 atom stereocenters. The van der Waals surface area contributed by atoms with E-state index in [1.54, 1.807) is 17.9 Å². The van der Waals surface area contributed by atoms with Crippen molar-refractivity contribution in [3.63, 3.8) is 0 Å². The predicted octanol–water partition coefficient (Wildman–Crippen LogP) is 3.26. The molecule has 178 valence electrons. The molecule has 3 rings (SSSR count). The minimum Gasteiger partial charge on any atom is -0.435 e. The molecular formula is C24H32FN4O4+. The lowest BCUT2D eigenvalue weighted by Crippen LogP contribution is -2.64. The van der Waals surface area contributed by atoms with Gasteiger partial charge in [0.05, 0.1) is 24.3 Å². The Labute approximate surface area is 192 Å². The topological polar surface area (TPSA) is 103 Å². The summed E-state index contributed by atoms with van der Waals surface area (Å²) in [4.78, 5) is 38.7. The van der Waals surface area contributed by atoms with Crippen molar-refractivity contribution in [1.29, 1.82) is 0 Å². The molecule has 0 bridgehead atoms. The van der Waals surface area contributed by atoms with Crippen LogP contribution in [-0.2, 0) is 6.42 Å². The number of amides is 2. The highest BCUT2D eigenvalue weighted by Crippen LogP contribution is 2.28. The number of aromatic amines is 1. The number of H-pyrrole nitrogens is 1.